The predicted octanol–water partition coefficient (Wildman–Crippen LogP) is 1.42. The van der Waals surface area contributed by atoms with Gasteiger partial charge in [-0.15, -0.1) is 0 Å². The molecule has 2 rings (SSSR count). The Balaban J connectivity index is 2.06. The average molecular weight is 384 g/mol. The minimum atomic E-state index is -3.75. The summed E-state index contributed by atoms with van der Waals surface area (Å²) in [5.74, 6) is -0.0180. The van der Waals surface area contributed by atoms with Gasteiger partial charge in [-0.25, -0.2) is 17.9 Å². The second kappa shape index (κ2) is 8.94. The first kappa shape index (κ1) is 20.8. The van der Waals surface area contributed by atoms with Crippen LogP contribution < -0.4 is 4.72 Å². The minimum Gasteiger partial charge on any atom is -0.465 e. The molecule has 1 aliphatic rings. The molecule has 0 aromatic heterocycles. The van der Waals surface area contributed by atoms with Crippen LogP contribution in [0.1, 0.15) is 29.8 Å². The van der Waals surface area contributed by atoms with Crippen molar-refractivity contribution in [3.63, 3.8) is 0 Å². The number of aryl methyl sites for hydroxylation is 1. The van der Waals surface area contributed by atoms with Gasteiger partial charge in [0.05, 0.1) is 30.3 Å². The standard InChI is InChI=1S/C18H28N2O5S/c1-13(2)11-20-7-8-25-16(12-20)10-19-26(22,23)17-9-15(18(21)24-4)6-5-14(17)3/h5-6,9,13,16,19H,7-8,10-12H2,1-4H3. The third-order valence-electron chi connectivity index (χ3n) is 4.25. The van der Waals surface area contributed by atoms with Crippen molar-refractivity contribution >= 4 is 16.0 Å². The zero-order valence-electron chi connectivity index (χ0n) is 15.8. The molecule has 8 heteroatoms. The van der Waals surface area contributed by atoms with Crippen LogP contribution in [-0.4, -0.2) is 65.3 Å². The molecule has 1 unspecified atom stereocenters. The van der Waals surface area contributed by atoms with Crippen LogP contribution in [0.4, 0.5) is 0 Å². The van der Waals surface area contributed by atoms with Gasteiger partial charge in [0.15, 0.2) is 0 Å². The van der Waals surface area contributed by atoms with Gasteiger partial charge in [0.25, 0.3) is 0 Å². The number of hydrogen-bond acceptors (Lipinski definition) is 6. The Hall–Kier alpha value is -1.48. The van der Waals surface area contributed by atoms with E-state index in [0.29, 0.717) is 24.6 Å². The first-order chi connectivity index (χ1) is 12.2. The molecule has 1 N–H and O–H groups in total. The van der Waals surface area contributed by atoms with Crippen molar-refractivity contribution in [2.45, 2.75) is 31.8 Å². The highest BCUT2D eigenvalue weighted by atomic mass is 32.2. The number of morpholine rings is 1. The number of methoxy groups -OCH3 is 1. The molecule has 0 bridgehead atoms. The van der Waals surface area contributed by atoms with Gasteiger partial charge >= 0.3 is 5.97 Å². The maximum absolute atomic E-state index is 12.7. The molecule has 1 fully saturated rings. The van der Waals surface area contributed by atoms with Crippen molar-refractivity contribution in [3.05, 3.63) is 29.3 Å². The van der Waals surface area contributed by atoms with E-state index < -0.39 is 16.0 Å². The van der Waals surface area contributed by atoms with Gasteiger partial charge in [0.2, 0.25) is 10.0 Å². The minimum absolute atomic E-state index is 0.0789. The Morgan fingerprint density at radius 3 is 2.81 bits per heavy atom. The van der Waals surface area contributed by atoms with E-state index in [2.05, 4.69) is 28.2 Å². The Bertz CT molecular complexity index is 733. The van der Waals surface area contributed by atoms with E-state index >= 15 is 0 Å². The first-order valence-electron chi connectivity index (χ1n) is 8.75. The van der Waals surface area contributed by atoms with E-state index in [1.807, 2.05) is 0 Å². The summed E-state index contributed by atoms with van der Waals surface area (Å²) in [5, 5.41) is 0. The molecule has 0 saturated carbocycles. The molecule has 146 valence electrons. The van der Waals surface area contributed by atoms with Gasteiger partial charge in [0.1, 0.15) is 0 Å². The summed E-state index contributed by atoms with van der Waals surface area (Å²) in [5.41, 5.74) is 0.770. The van der Waals surface area contributed by atoms with Crippen molar-refractivity contribution in [2.75, 3.05) is 39.9 Å². The third kappa shape index (κ3) is 5.51. The number of nitrogens with zero attached hydrogens (tertiary/aromatic N) is 1. The van der Waals surface area contributed by atoms with Crippen molar-refractivity contribution in [1.82, 2.24) is 9.62 Å². The largest absolute Gasteiger partial charge is 0.465 e. The summed E-state index contributed by atoms with van der Waals surface area (Å²) in [6.07, 6.45) is -0.193. The summed E-state index contributed by atoms with van der Waals surface area (Å²) < 4.78 is 38.3. The first-order valence-corrected chi connectivity index (χ1v) is 10.2. The fraction of sp³-hybridized carbons (Fsp3) is 0.611. The fourth-order valence-corrected chi connectivity index (χ4v) is 4.34. The molecule has 1 saturated heterocycles. The maximum atomic E-state index is 12.7. The number of carbonyl (C=O) groups excluding carboxylic acids is 1. The molecular weight excluding hydrogens is 356 g/mol. The molecule has 0 radical (unpaired) electrons. The zero-order valence-corrected chi connectivity index (χ0v) is 16.6. The summed E-state index contributed by atoms with van der Waals surface area (Å²) in [6, 6.07) is 4.49. The lowest BCUT2D eigenvalue weighted by Gasteiger charge is -2.33. The Labute approximate surface area is 155 Å². The molecule has 0 aliphatic carbocycles. The Kier molecular flexibility index (Phi) is 7.16. The van der Waals surface area contributed by atoms with Crippen molar-refractivity contribution < 1.29 is 22.7 Å². The van der Waals surface area contributed by atoms with Crippen LogP contribution in [0.2, 0.25) is 0 Å². The molecule has 1 heterocycles. The topological polar surface area (TPSA) is 84.9 Å². The van der Waals surface area contributed by atoms with Crippen LogP contribution in [-0.2, 0) is 19.5 Å². The van der Waals surface area contributed by atoms with E-state index in [0.717, 1.165) is 13.1 Å². The summed E-state index contributed by atoms with van der Waals surface area (Å²) in [7, 11) is -2.49. The van der Waals surface area contributed by atoms with Crippen LogP contribution in [0.25, 0.3) is 0 Å². The van der Waals surface area contributed by atoms with Gasteiger partial charge in [0, 0.05) is 26.2 Å². The molecule has 1 atom stereocenters. The predicted molar refractivity (Wildman–Crippen MR) is 98.7 cm³/mol. The number of benzene rings is 1. The van der Waals surface area contributed by atoms with E-state index in [9.17, 15) is 13.2 Å². The van der Waals surface area contributed by atoms with E-state index in [1.165, 1.54) is 13.2 Å². The molecule has 1 aliphatic heterocycles. The second-order valence-corrected chi connectivity index (χ2v) is 8.71. The highest BCUT2D eigenvalue weighted by Crippen LogP contribution is 2.18. The molecule has 0 spiro atoms. The zero-order chi connectivity index (χ0) is 19.3. The van der Waals surface area contributed by atoms with Gasteiger partial charge in [-0.05, 0) is 30.5 Å². The van der Waals surface area contributed by atoms with Gasteiger partial charge in [-0.3, -0.25) is 4.90 Å². The van der Waals surface area contributed by atoms with Crippen LogP contribution in [0.3, 0.4) is 0 Å². The van der Waals surface area contributed by atoms with E-state index in [4.69, 9.17) is 4.74 Å². The van der Waals surface area contributed by atoms with Crippen molar-refractivity contribution in [1.29, 1.82) is 0 Å². The number of hydrogen-bond donors (Lipinski definition) is 1. The smallest absolute Gasteiger partial charge is 0.337 e. The van der Waals surface area contributed by atoms with Crippen LogP contribution in [0, 0.1) is 12.8 Å². The normalized spacial score (nSPS) is 18.9. The van der Waals surface area contributed by atoms with Gasteiger partial charge < -0.3 is 9.47 Å². The SMILES string of the molecule is COC(=O)c1ccc(C)c(S(=O)(=O)NCC2CN(CC(C)C)CCO2)c1. The quantitative estimate of drug-likeness (QED) is 0.716. The summed E-state index contributed by atoms with van der Waals surface area (Å²) >= 11 is 0. The number of nitrogens with one attached hydrogen (secondary N) is 1. The number of ether oxygens (including phenoxy) is 2. The number of carbonyl (C=O) groups is 1. The molecule has 1 aromatic rings. The average Bonchev–Trinajstić information content (AvgIpc) is 2.59. The molecule has 1 aromatic carbocycles. The number of rotatable bonds is 7. The van der Waals surface area contributed by atoms with Gasteiger partial charge in [-0.1, -0.05) is 19.9 Å². The number of sulfonamides is 1. The monoisotopic (exact) mass is 384 g/mol. The van der Waals surface area contributed by atoms with Crippen LogP contribution in [0.15, 0.2) is 23.1 Å². The number of esters is 1. The lowest BCUT2D eigenvalue weighted by Crippen LogP contribution is -2.48. The van der Waals surface area contributed by atoms with E-state index in [1.54, 1.807) is 19.1 Å². The second-order valence-electron chi connectivity index (χ2n) is 6.97. The van der Waals surface area contributed by atoms with Gasteiger partial charge in [-0.2, -0.15) is 0 Å². The highest BCUT2D eigenvalue weighted by Gasteiger charge is 2.25. The Morgan fingerprint density at radius 2 is 2.15 bits per heavy atom. The van der Waals surface area contributed by atoms with Crippen LogP contribution >= 0.6 is 0 Å². The lowest BCUT2D eigenvalue weighted by atomic mass is 10.1. The van der Waals surface area contributed by atoms with E-state index in [-0.39, 0.29) is 23.1 Å². The fourth-order valence-electron chi connectivity index (χ4n) is 3.00. The van der Waals surface area contributed by atoms with Crippen molar-refractivity contribution in [2.24, 2.45) is 5.92 Å². The molecule has 26 heavy (non-hydrogen) atoms. The molecule has 7 nitrogen and oxygen atoms in total. The maximum Gasteiger partial charge on any atom is 0.337 e. The lowest BCUT2D eigenvalue weighted by molar-refractivity contribution is -0.0280. The highest BCUT2D eigenvalue weighted by molar-refractivity contribution is 7.89. The molecule has 0 amide bonds. The third-order valence-corrected chi connectivity index (χ3v) is 5.81. The van der Waals surface area contributed by atoms with Crippen LogP contribution in [0.5, 0.6) is 0 Å². The van der Waals surface area contributed by atoms with Crippen molar-refractivity contribution in [3.8, 4) is 0 Å². The molecular formula is C18H28N2O5S. The summed E-state index contributed by atoms with van der Waals surface area (Å²) in [6.45, 7) is 9.32. The summed E-state index contributed by atoms with van der Waals surface area (Å²) in [4.78, 5) is 14.0. The Morgan fingerprint density at radius 1 is 1.42 bits per heavy atom.